The van der Waals surface area contributed by atoms with Crippen LogP contribution in [-0.4, -0.2) is 62.6 Å². The van der Waals surface area contributed by atoms with Gasteiger partial charge in [-0.25, -0.2) is 4.98 Å². The molecule has 1 fully saturated rings. The summed E-state index contributed by atoms with van der Waals surface area (Å²) in [5.74, 6) is -0.0192. The largest absolute Gasteiger partial charge is 0.339 e. The zero-order valence-electron chi connectivity index (χ0n) is 12.5. The minimum Gasteiger partial charge on any atom is -0.339 e. The predicted octanol–water partition coefficient (Wildman–Crippen LogP) is 0.848. The molecule has 7 nitrogen and oxygen atoms in total. The standard InChI is InChI=1S/C14H17N5O2S/c1-10(20)18-3-5-19(6-4-18)14(21)12-9-22-13(16-12)11-7-15-17(2)8-11/h7-9H,3-6H2,1-2H3. The highest BCUT2D eigenvalue weighted by molar-refractivity contribution is 7.13. The third-order valence-electron chi connectivity index (χ3n) is 3.69. The summed E-state index contributed by atoms with van der Waals surface area (Å²) < 4.78 is 1.71. The van der Waals surface area contributed by atoms with E-state index in [1.807, 2.05) is 13.2 Å². The second-order valence-corrected chi connectivity index (χ2v) is 6.10. The molecule has 0 N–H and O–H groups in total. The Hall–Kier alpha value is -2.22. The fourth-order valence-corrected chi connectivity index (χ4v) is 3.19. The van der Waals surface area contributed by atoms with E-state index in [9.17, 15) is 9.59 Å². The number of thiazole rings is 1. The van der Waals surface area contributed by atoms with E-state index in [4.69, 9.17) is 0 Å². The van der Waals surface area contributed by atoms with Gasteiger partial charge in [0.15, 0.2) is 0 Å². The molecule has 2 aromatic rings. The average Bonchev–Trinajstić information content (AvgIpc) is 3.15. The molecular weight excluding hydrogens is 302 g/mol. The van der Waals surface area contributed by atoms with Crippen molar-refractivity contribution in [1.29, 1.82) is 0 Å². The Bertz CT molecular complexity index is 700. The van der Waals surface area contributed by atoms with Gasteiger partial charge in [0.05, 0.1) is 6.20 Å². The fourth-order valence-electron chi connectivity index (χ4n) is 2.42. The zero-order valence-corrected chi connectivity index (χ0v) is 13.3. The van der Waals surface area contributed by atoms with E-state index >= 15 is 0 Å². The summed E-state index contributed by atoms with van der Waals surface area (Å²) in [5.41, 5.74) is 1.37. The predicted molar refractivity (Wildman–Crippen MR) is 82.5 cm³/mol. The highest BCUT2D eigenvalue weighted by Crippen LogP contribution is 2.23. The van der Waals surface area contributed by atoms with Crippen LogP contribution in [0.25, 0.3) is 10.6 Å². The molecule has 0 bridgehead atoms. The molecule has 116 valence electrons. The molecule has 1 aliphatic heterocycles. The number of aromatic nitrogens is 3. The lowest BCUT2D eigenvalue weighted by atomic mass is 10.3. The molecule has 2 aromatic heterocycles. The van der Waals surface area contributed by atoms with Crippen LogP contribution < -0.4 is 0 Å². The van der Waals surface area contributed by atoms with Gasteiger partial charge in [0, 0.05) is 57.3 Å². The molecule has 0 spiro atoms. The van der Waals surface area contributed by atoms with Crippen LogP contribution in [-0.2, 0) is 11.8 Å². The second-order valence-electron chi connectivity index (χ2n) is 5.24. The van der Waals surface area contributed by atoms with Crippen LogP contribution in [0, 0.1) is 0 Å². The van der Waals surface area contributed by atoms with Crippen molar-refractivity contribution in [2.24, 2.45) is 7.05 Å². The third kappa shape index (κ3) is 2.87. The molecule has 2 amide bonds. The summed E-state index contributed by atoms with van der Waals surface area (Å²) >= 11 is 1.44. The minimum absolute atomic E-state index is 0.0552. The van der Waals surface area contributed by atoms with Crippen molar-refractivity contribution in [2.45, 2.75) is 6.92 Å². The van der Waals surface area contributed by atoms with Crippen LogP contribution in [0.3, 0.4) is 0 Å². The summed E-state index contributed by atoms with van der Waals surface area (Å²) in [6.45, 7) is 3.83. The first-order valence-electron chi connectivity index (χ1n) is 7.04. The Morgan fingerprint density at radius 1 is 1.18 bits per heavy atom. The molecule has 0 unspecified atom stereocenters. The smallest absolute Gasteiger partial charge is 0.273 e. The molecule has 3 rings (SSSR count). The van der Waals surface area contributed by atoms with E-state index in [0.29, 0.717) is 31.9 Å². The van der Waals surface area contributed by atoms with Crippen molar-refractivity contribution in [1.82, 2.24) is 24.6 Å². The first-order valence-corrected chi connectivity index (χ1v) is 7.92. The van der Waals surface area contributed by atoms with Crippen LogP contribution in [0.1, 0.15) is 17.4 Å². The molecule has 0 atom stereocenters. The fraction of sp³-hybridized carbons (Fsp3) is 0.429. The van der Waals surface area contributed by atoms with Crippen molar-refractivity contribution in [2.75, 3.05) is 26.2 Å². The summed E-state index contributed by atoms with van der Waals surface area (Å²) in [7, 11) is 1.84. The third-order valence-corrected chi connectivity index (χ3v) is 4.58. The zero-order chi connectivity index (χ0) is 15.7. The van der Waals surface area contributed by atoms with Gasteiger partial charge in [-0.2, -0.15) is 5.10 Å². The maximum Gasteiger partial charge on any atom is 0.273 e. The van der Waals surface area contributed by atoms with Crippen LogP contribution in [0.4, 0.5) is 0 Å². The molecule has 0 aromatic carbocycles. The SMILES string of the molecule is CC(=O)N1CCN(C(=O)c2csc(-c3cnn(C)c3)n2)CC1. The number of carbonyl (C=O) groups is 2. The van der Waals surface area contributed by atoms with Gasteiger partial charge in [0.1, 0.15) is 10.7 Å². The minimum atomic E-state index is -0.0745. The van der Waals surface area contributed by atoms with E-state index in [1.54, 1.807) is 33.0 Å². The number of aryl methyl sites for hydroxylation is 1. The number of piperazine rings is 1. The number of amides is 2. The van der Waals surface area contributed by atoms with Gasteiger partial charge in [0.2, 0.25) is 5.91 Å². The van der Waals surface area contributed by atoms with Gasteiger partial charge in [-0.15, -0.1) is 11.3 Å². The van der Waals surface area contributed by atoms with Gasteiger partial charge < -0.3 is 9.80 Å². The number of hydrogen-bond donors (Lipinski definition) is 0. The molecule has 22 heavy (non-hydrogen) atoms. The van der Waals surface area contributed by atoms with Gasteiger partial charge in [-0.05, 0) is 0 Å². The van der Waals surface area contributed by atoms with Crippen LogP contribution >= 0.6 is 11.3 Å². The van der Waals surface area contributed by atoms with Crippen molar-refractivity contribution in [3.8, 4) is 10.6 Å². The molecule has 3 heterocycles. The molecule has 1 aliphatic rings. The van der Waals surface area contributed by atoms with Crippen molar-refractivity contribution >= 4 is 23.2 Å². The molecule has 0 radical (unpaired) electrons. The Morgan fingerprint density at radius 3 is 2.45 bits per heavy atom. The second kappa shape index (κ2) is 5.88. The Labute approximate surface area is 132 Å². The normalized spacial score (nSPS) is 15.2. The highest BCUT2D eigenvalue weighted by atomic mass is 32.1. The molecule has 1 saturated heterocycles. The van der Waals surface area contributed by atoms with E-state index in [2.05, 4.69) is 10.1 Å². The molecular formula is C14H17N5O2S. The lowest BCUT2D eigenvalue weighted by molar-refractivity contribution is -0.130. The van der Waals surface area contributed by atoms with E-state index in [0.717, 1.165) is 10.6 Å². The van der Waals surface area contributed by atoms with Gasteiger partial charge in [-0.1, -0.05) is 0 Å². The topological polar surface area (TPSA) is 71.3 Å². The maximum atomic E-state index is 12.5. The monoisotopic (exact) mass is 319 g/mol. The molecule has 0 aliphatic carbocycles. The summed E-state index contributed by atoms with van der Waals surface area (Å²) in [6, 6.07) is 0. The highest BCUT2D eigenvalue weighted by Gasteiger charge is 2.25. The first-order chi connectivity index (χ1) is 10.5. The Kier molecular flexibility index (Phi) is 3.93. The summed E-state index contributed by atoms with van der Waals surface area (Å²) in [5, 5.41) is 6.68. The van der Waals surface area contributed by atoms with Gasteiger partial charge in [-0.3, -0.25) is 14.3 Å². The molecule has 0 saturated carbocycles. The lowest BCUT2D eigenvalue weighted by Gasteiger charge is -2.33. The van der Waals surface area contributed by atoms with Gasteiger partial charge in [0.25, 0.3) is 5.91 Å². The number of hydrogen-bond acceptors (Lipinski definition) is 5. The van der Waals surface area contributed by atoms with Crippen molar-refractivity contribution in [3.63, 3.8) is 0 Å². The van der Waals surface area contributed by atoms with E-state index in [1.165, 1.54) is 11.3 Å². The van der Waals surface area contributed by atoms with E-state index in [-0.39, 0.29) is 11.8 Å². The van der Waals surface area contributed by atoms with Crippen LogP contribution in [0.15, 0.2) is 17.8 Å². The quantitative estimate of drug-likeness (QED) is 0.823. The van der Waals surface area contributed by atoms with E-state index < -0.39 is 0 Å². The Morgan fingerprint density at radius 2 is 1.86 bits per heavy atom. The Balaban J connectivity index is 1.69. The van der Waals surface area contributed by atoms with Crippen molar-refractivity contribution in [3.05, 3.63) is 23.5 Å². The number of rotatable bonds is 2. The van der Waals surface area contributed by atoms with Crippen LogP contribution in [0.2, 0.25) is 0 Å². The lowest BCUT2D eigenvalue weighted by Crippen LogP contribution is -2.50. The first kappa shape index (κ1) is 14.7. The maximum absolute atomic E-state index is 12.5. The summed E-state index contributed by atoms with van der Waals surface area (Å²) in [4.78, 5) is 31.7. The molecule has 8 heteroatoms. The average molecular weight is 319 g/mol. The summed E-state index contributed by atoms with van der Waals surface area (Å²) in [6.07, 6.45) is 3.61. The van der Waals surface area contributed by atoms with Crippen LogP contribution in [0.5, 0.6) is 0 Å². The van der Waals surface area contributed by atoms with Crippen molar-refractivity contribution < 1.29 is 9.59 Å². The number of nitrogens with zero attached hydrogens (tertiary/aromatic N) is 5. The van der Waals surface area contributed by atoms with Gasteiger partial charge >= 0.3 is 0 Å². The number of carbonyl (C=O) groups excluding carboxylic acids is 2.